The molecule has 0 aromatic rings. The third-order valence-electron chi connectivity index (χ3n) is 3.30. The molecule has 3 heteroatoms. The second-order valence-corrected chi connectivity index (χ2v) is 4.19. The largest absolute Gasteiger partial charge is 0.335 e. The van der Waals surface area contributed by atoms with Crippen molar-refractivity contribution in [2.75, 3.05) is 7.05 Å². The third-order valence-corrected chi connectivity index (χ3v) is 3.30. The molecule has 0 radical (unpaired) electrons. The molecule has 3 rings (SSSR count). The predicted molar refractivity (Wildman–Crippen MR) is 42.3 cm³/mol. The molecule has 2 aliphatic heterocycles. The van der Waals surface area contributed by atoms with Gasteiger partial charge in [-0.25, -0.2) is 4.79 Å². The third kappa shape index (κ3) is 0.659. The Hall–Kier alpha value is -0.730. The molecule has 0 aromatic carbocycles. The van der Waals surface area contributed by atoms with Crippen molar-refractivity contribution in [1.29, 1.82) is 0 Å². The highest BCUT2D eigenvalue weighted by Gasteiger charge is 2.55. The zero-order chi connectivity index (χ0) is 8.22. The number of rotatable bonds is 0. The van der Waals surface area contributed by atoms with E-state index in [0.29, 0.717) is 12.1 Å². The minimum atomic E-state index is 0.0885. The van der Waals surface area contributed by atoms with Crippen molar-refractivity contribution in [1.82, 2.24) is 10.2 Å². The molecule has 3 nitrogen and oxygen atoms in total. The zero-order valence-corrected chi connectivity index (χ0v) is 7.22. The number of hydrogen-bond donors (Lipinski definition) is 1. The molecule has 1 aliphatic carbocycles. The Morgan fingerprint density at radius 3 is 2.64 bits per heavy atom. The van der Waals surface area contributed by atoms with Crippen molar-refractivity contribution in [2.24, 2.45) is 5.41 Å². The van der Waals surface area contributed by atoms with Crippen LogP contribution in [0.3, 0.4) is 0 Å². The Labute approximate surface area is 66.8 Å². The maximum Gasteiger partial charge on any atom is 0.317 e. The van der Waals surface area contributed by atoms with Crippen LogP contribution in [0.15, 0.2) is 0 Å². The SMILES string of the molecule is CN1C(=O)NC2CC1C2(C)C. The summed E-state index contributed by atoms with van der Waals surface area (Å²) in [4.78, 5) is 13.0. The molecule has 2 amide bonds. The van der Waals surface area contributed by atoms with Crippen LogP contribution < -0.4 is 5.32 Å². The summed E-state index contributed by atoms with van der Waals surface area (Å²) in [5, 5.41) is 2.97. The zero-order valence-electron chi connectivity index (χ0n) is 7.22. The Kier molecular flexibility index (Phi) is 1.08. The molecule has 0 spiro atoms. The fourth-order valence-electron chi connectivity index (χ4n) is 2.20. The van der Waals surface area contributed by atoms with E-state index in [1.54, 1.807) is 0 Å². The Balaban J connectivity index is 2.23. The van der Waals surface area contributed by atoms with E-state index in [2.05, 4.69) is 19.2 Å². The average Bonchev–Trinajstić information content (AvgIpc) is 1.93. The Morgan fingerprint density at radius 2 is 2.27 bits per heavy atom. The number of hydrogen-bond acceptors (Lipinski definition) is 1. The fraction of sp³-hybridized carbons (Fsp3) is 0.875. The molecule has 2 heterocycles. The van der Waals surface area contributed by atoms with E-state index in [4.69, 9.17) is 0 Å². The van der Waals surface area contributed by atoms with Crippen molar-refractivity contribution >= 4 is 6.03 Å². The van der Waals surface area contributed by atoms with Crippen LogP contribution in [0.5, 0.6) is 0 Å². The molecule has 3 fully saturated rings. The summed E-state index contributed by atoms with van der Waals surface area (Å²) in [6.07, 6.45) is 1.12. The number of amides is 2. The fourth-order valence-corrected chi connectivity index (χ4v) is 2.20. The van der Waals surface area contributed by atoms with Gasteiger partial charge in [-0.15, -0.1) is 0 Å². The molecular formula is C8H14N2O. The predicted octanol–water partition coefficient (Wildman–Crippen LogP) is 0.808. The average molecular weight is 154 g/mol. The van der Waals surface area contributed by atoms with Gasteiger partial charge in [0.15, 0.2) is 0 Å². The van der Waals surface area contributed by atoms with Gasteiger partial charge in [0, 0.05) is 24.5 Å². The number of carbonyl (C=O) groups is 1. The van der Waals surface area contributed by atoms with Gasteiger partial charge in [0.1, 0.15) is 0 Å². The lowest BCUT2D eigenvalue weighted by Crippen LogP contribution is -2.74. The summed E-state index contributed by atoms with van der Waals surface area (Å²) in [5.41, 5.74) is 0.280. The summed E-state index contributed by atoms with van der Waals surface area (Å²) in [6, 6.07) is 0.961. The Morgan fingerprint density at radius 1 is 1.64 bits per heavy atom. The summed E-state index contributed by atoms with van der Waals surface area (Å²) in [5.74, 6) is 0. The Bertz CT molecular complexity index is 212. The lowest BCUT2D eigenvalue weighted by Gasteiger charge is -2.59. The first-order chi connectivity index (χ1) is 5.03. The molecule has 2 atom stereocenters. The van der Waals surface area contributed by atoms with Crippen molar-refractivity contribution in [3.63, 3.8) is 0 Å². The van der Waals surface area contributed by atoms with Crippen LogP contribution in [0.25, 0.3) is 0 Å². The number of carbonyl (C=O) groups excluding carboxylic acids is 1. The van der Waals surface area contributed by atoms with Gasteiger partial charge in [-0.3, -0.25) is 0 Å². The normalized spacial score (nSPS) is 39.5. The molecule has 1 saturated carbocycles. The van der Waals surface area contributed by atoms with E-state index in [1.807, 2.05) is 11.9 Å². The van der Waals surface area contributed by atoms with Gasteiger partial charge in [-0.2, -0.15) is 0 Å². The van der Waals surface area contributed by atoms with Crippen LogP contribution in [0.1, 0.15) is 20.3 Å². The van der Waals surface area contributed by atoms with Crippen LogP contribution in [0, 0.1) is 5.41 Å². The van der Waals surface area contributed by atoms with E-state index >= 15 is 0 Å². The number of nitrogens with zero attached hydrogens (tertiary/aromatic N) is 1. The minimum Gasteiger partial charge on any atom is -0.335 e. The van der Waals surface area contributed by atoms with Crippen LogP contribution >= 0.6 is 0 Å². The molecule has 2 saturated heterocycles. The maximum atomic E-state index is 11.1. The van der Waals surface area contributed by atoms with Gasteiger partial charge in [0.05, 0.1) is 0 Å². The summed E-state index contributed by atoms with van der Waals surface area (Å²) in [7, 11) is 1.87. The van der Waals surface area contributed by atoms with E-state index in [0.717, 1.165) is 6.42 Å². The smallest absolute Gasteiger partial charge is 0.317 e. The summed E-state index contributed by atoms with van der Waals surface area (Å²) in [6.45, 7) is 4.42. The van der Waals surface area contributed by atoms with Crippen LogP contribution in [-0.4, -0.2) is 30.1 Å². The van der Waals surface area contributed by atoms with Crippen molar-refractivity contribution in [3.8, 4) is 0 Å². The number of fused-ring (bicyclic) bond motifs is 2. The van der Waals surface area contributed by atoms with Crippen molar-refractivity contribution in [2.45, 2.75) is 32.4 Å². The number of urea groups is 1. The van der Waals surface area contributed by atoms with E-state index in [9.17, 15) is 4.79 Å². The molecule has 62 valence electrons. The summed E-state index contributed by atoms with van der Waals surface area (Å²) < 4.78 is 0. The molecule has 11 heavy (non-hydrogen) atoms. The topological polar surface area (TPSA) is 32.3 Å². The molecular weight excluding hydrogens is 140 g/mol. The molecule has 0 aromatic heterocycles. The van der Waals surface area contributed by atoms with E-state index in [-0.39, 0.29) is 11.4 Å². The van der Waals surface area contributed by atoms with Gasteiger partial charge in [-0.05, 0) is 6.42 Å². The second kappa shape index (κ2) is 1.71. The van der Waals surface area contributed by atoms with Gasteiger partial charge in [0.25, 0.3) is 0 Å². The van der Waals surface area contributed by atoms with Crippen LogP contribution in [0.2, 0.25) is 0 Å². The van der Waals surface area contributed by atoms with E-state index < -0.39 is 0 Å². The first kappa shape index (κ1) is 6.95. The molecule has 2 unspecified atom stereocenters. The maximum absolute atomic E-state index is 11.1. The number of nitrogens with one attached hydrogen (secondary N) is 1. The van der Waals surface area contributed by atoms with Crippen LogP contribution in [-0.2, 0) is 0 Å². The van der Waals surface area contributed by atoms with Gasteiger partial charge >= 0.3 is 6.03 Å². The highest BCUT2D eigenvalue weighted by Crippen LogP contribution is 2.46. The quantitative estimate of drug-likeness (QED) is 0.550. The second-order valence-electron chi connectivity index (χ2n) is 4.19. The first-order valence-corrected chi connectivity index (χ1v) is 4.07. The highest BCUT2D eigenvalue weighted by molar-refractivity contribution is 5.77. The van der Waals surface area contributed by atoms with Crippen LogP contribution in [0.4, 0.5) is 4.79 Å². The van der Waals surface area contributed by atoms with Gasteiger partial charge in [0.2, 0.25) is 0 Å². The van der Waals surface area contributed by atoms with Crippen molar-refractivity contribution in [3.05, 3.63) is 0 Å². The van der Waals surface area contributed by atoms with E-state index in [1.165, 1.54) is 0 Å². The van der Waals surface area contributed by atoms with Gasteiger partial charge in [-0.1, -0.05) is 13.8 Å². The highest BCUT2D eigenvalue weighted by atomic mass is 16.2. The lowest BCUT2D eigenvalue weighted by molar-refractivity contribution is -0.0347. The monoisotopic (exact) mass is 154 g/mol. The first-order valence-electron chi connectivity index (χ1n) is 4.07. The molecule has 2 bridgehead atoms. The van der Waals surface area contributed by atoms with Gasteiger partial charge < -0.3 is 10.2 Å². The lowest BCUT2D eigenvalue weighted by atomic mass is 9.61. The molecule has 3 aliphatic rings. The minimum absolute atomic E-state index is 0.0885. The molecule has 1 N–H and O–H groups in total. The summed E-state index contributed by atoms with van der Waals surface area (Å²) >= 11 is 0. The standard InChI is InChI=1S/C8H14N2O/c1-8(2)5-4-6(8)10(3)7(11)9-5/h5-6H,4H2,1-3H3,(H,9,11). The van der Waals surface area contributed by atoms with Crippen molar-refractivity contribution < 1.29 is 4.79 Å².